The van der Waals surface area contributed by atoms with Crippen LogP contribution >= 0.6 is 0 Å². The summed E-state index contributed by atoms with van der Waals surface area (Å²) >= 11 is 0. The van der Waals surface area contributed by atoms with Crippen LogP contribution in [0.2, 0.25) is 0 Å². The number of piperidine rings is 1. The van der Waals surface area contributed by atoms with E-state index >= 15 is 0 Å². The molecule has 0 aromatic heterocycles. The number of hydrogen-bond acceptors (Lipinski definition) is 2. The molecule has 106 valence electrons. The molecule has 0 bridgehead atoms. The quantitative estimate of drug-likeness (QED) is 0.906. The maximum absolute atomic E-state index is 13.7. The van der Waals surface area contributed by atoms with E-state index in [1.54, 1.807) is 12.1 Å². The third-order valence-corrected chi connectivity index (χ3v) is 4.14. The van der Waals surface area contributed by atoms with E-state index in [-0.39, 0.29) is 6.04 Å². The molecule has 1 aliphatic rings. The van der Waals surface area contributed by atoms with Gasteiger partial charge in [-0.25, -0.2) is 8.78 Å². The molecule has 1 aromatic carbocycles. The molecular formula is C15H22F2N2. The zero-order chi connectivity index (χ0) is 14.0. The first-order valence-electron chi connectivity index (χ1n) is 6.89. The second-order valence-corrected chi connectivity index (χ2v) is 5.58. The largest absolute Gasteiger partial charge is 0.307 e. The minimum absolute atomic E-state index is 0.170. The predicted molar refractivity (Wildman–Crippen MR) is 73.0 cm³/mol. The molecule has 3 unspecified atom stereocenters. The summed E-state index contributed by atoms with van der Waals surface area (Å²) in [5, 5.41) is 3.42. The minimum Gasteiger partial charge on any atom is -0.307 e. The zero-order valence-corrected chi connectivity index (χ0v) is 11.8. The van der Waals surface area contributed by atoms with Crippen molar-refractivity contribution in [3.8, 4) is 0 Å². The highest BCUT2D eigenvalue weighted by molar-refractivity contribution is 5.22. The van der Waals surface area contributed by atoms with Gasteiger partial charge in [0.25, 0.3) is 0 Å². The maximum atomic E-state index is 13.7. The zero-order valence-electron chi connectivity index (χ0n) is 11.8. The molecule has 2 rings (SSSR count). The molecule has 0 amide bonds. The van der Waals surface area contributed by atoms with E-state index < -0.39 is 11.6 Å². The number of nitrogens with one attached hydrogen (secondary N) is 1. The number of benzene rings is 1. The Morgan fingerprint density at radius 1 is 1.37 bits per heavy atom. The fourth-order valence-corrected chi connectivity index (χ4v) is 2.74. The van der Waals surface area contributed by atoms with Gasteiger partial charge in [0.15, 0.2) is 11.6 Å². The summed E-state index contributed by atoms with van der Waals surface area (Å²) in [6.07, 6.45) is 2.08. The number of hydrogen-bond donors (Lipinski definition) is 1. The van der Waals surface area contributed by atoms with E-state index in [1.807, 2.05) is 6.92 Å². The third-order valence-electron chi connectivity index (χ3n) is 4.14. The molecule has 1 aliphatic heterocycles. The van der Waals surface area contributed by atoms with Gasteiger partial charge in [0, 0.05) is 23.7 Å². The Labute approximate surface area is 113 Å². The van der Waals surface area contributed by atoms with Crippen molar-refractivity contribution < 1.29 is 8.78 Å². The SMILES string of the molecule is CC(NC1CCN(C)C(C)C1)c1cccc(F)c1F. The summed E-state index contributed by atoms with van der Waals surface area (Å²) in [6, 6.07) is 5.08. The van der Waals surface area contributed by atoms with Crippen LogP contribution in [0, 0.1) is 11.6 Å². The van der Waals surface area contributed by atoms with Gasteiger partial charge in [0.1, 0.15) is 0 Å². The van der Waals surface area contributed by atoms with E-state index in [2.05, 4.69) is 24.2 Å². The Morgan fingerprint density at radius 2 is 2.11 bits per heavy atom. The van der Waals surface area contributed by atoms with Crippen molar-refractivity contribution in [2.75, 3.05) is 13.6 Å². The molecule has 1 aromatic rings. The molecule has 19 heavy (non-hydrogen) atoms. The van der Waals surface area contributed by atoms with Crippen LogP contribution in [-0.4, -0.2) is 30.6 Å². The Bertz CT molecular complexity index is 436. The van der Waals surface area contributed by atoms with Crippen molar-refractivity contribution >= 4 is 0 Å². The summed E-state index contributed by atoms with van der Waals surface area (Å²) < 4.78 is 26.9. The second-order valence-electron chi connectivity index (χ2n) is 5.58. The average molecular weight is 268 g/mol. The van der Waals surface area contributed by atoms with Gasteiger partial charge in [-0.15, -0.1) is 0 Å². The van der Waals surface area contributed by atoms with Gasteiger partial charge >= 0.3 is 0 Å². The molecule has 1 fully saturated rings. The lowest BCUT2D eigenvalue weighted by molar-refractivity contribution is 0.163. The lowest BCUT2D eigenvalue weighted by Crippen LogP contribution is -2.46. The number of nitrogens with zero attached hydrogens (tertiary/aromatic N) is 1. The molecule has 1 heterocycles. The van der Waals surface area contributed by atoms with Gasteiger partial charge in [-0.05, 0) is 46.3 Å². The van der Waals surface area contributed by atoms with E-state index in [4.69, 9.17) is 0 Å². The van der Waals surface area contributed by atoms with Crippen LogP contribution < -0.4 is 5.32 Å². The molecule has 0 aliphatic carbocycles. The van der Waals surface area contributed by atoms with Gasteiger partial charge in [-0.1, -0.05) is 12.1 Å². The topological polar surface area (TPSA) is 15.3 Å². The predicted octanol–water partition coefficient (Wildman–Crippen LogP) is 3.10. The van der Waals surface area contributed by atoms with Gasteiger partial charge < -0.3 is 10.2 Å². The number of likely N-dealkylation sites (tertiary alicyclic amines) is 1. The molecule has 0 saturated carbocycles. The van der Waals surface area contributed by atoms with Crippen molar-refractivity contribution in [3.05, 3.63) is 35.4 Å². The highest BCUT2D eigenvalue weighted by atomic mass is 19.2. The van der Waals surface area contributed by atoms with Crippen molar-refractivity contribution in [2.24, 2.45) is 0 Å². The Kier molecular flexibility index (Phi) is 4.53. The smallest absolute Gasteiger partial charge is 0.163 e. The number of rotatable bonds is 3. The Morgan fingerprint density at radius 3 is 2.79 bits per heavy atom. The Balaban J connectivity index is 2.01. The normalized spacial score (nSPS) is 26.4. The van der Waals surface area contributed by atoms with Crippen LogP contribution in [0.15, 0.2) is 18.2 Å². The van der Waals surface area contributed by atoms with Gasteiger partial charge in [-0.2, -0.15) is 0 Å². The Hall–Kier alpha value is -1.00. The molecule has 0 spiro atoms. The van der Waals surface area contributed by atoms with Crippen LogP contribution in [0.5, 0.6) is 0 Å². The van der Waals surface area contributed by atoms with Crippen LogP contribution in [0.4, 0.5) is 8.78 Å². The van der Waals surface area contributed by atoms with Crippen LogP contribution in [0.3, 0.4) is 0 Å². The monoisotopic (exact) mass is 268 g/mol. The lowest BCUT2D eigenvalue weighted by atomic mass is 9.97. The highest BCUT2D eigenvalue weighted by Crippen LogP contribution is 2.22. The molecule has 1 saturated heterocycles. The molecule has 1 N–H and O–H groups in total. The maximum Gasteiger partial charge on any atom is 0.163 e. The van der Waals surface area contributed by atoms with Crippen LogP contribution in [-0.2, 0) is 0 Å². The fraction of sp³-hybridized carbons (Fsp3) is 0.600. The van der Waals surface area contributed by atoms with Gasteiger partial charge in [0.05, 0.1) is 0 Å². The summed E-state index contributed by atoms with van der Waals surface area (Å²) in [7, 11) is 2.12. The molecule has 4 heteroatoms. The van der Waals surface area contributed by atoms with Crippen molar-refractivity contribution in [2.45, 2.75) is 44.8 Å². The molecule has 0 radical (unpaired) electrons. The standard InChI is InChI=1S/C15H22F2N2/c1-10-9-12(7-8-19(10)3)18-11(2)13-5-4-6-14(16)15(13)17/h4-6,10-12,18H,7-9H2,1-3H3. The average Bonchev–Trinajstić information content (AvgIpc) is 2.37. The summed E-state index contributed by atoms with van der Waals surface area (Å²) in [6.45, 7) is 5.12. The third kappa shape index (κ3) is 3.31. The molecule has 3 atom stereocenters. The van der Waals surface area contributed by atoms with Gasteiger partial charge in [-0.3, -0.25) is 0 Å². The fourth-order valence-electron chi connectivity index (χ4n) is 2.74. The van der Waals surface area contributed by atoms with Crippen molar-refractivity contribution in [3.63, 3.8) is 0 Å². The van der Waals surface area contributed by atoms with Crippen LogP contribution in [0.25, 0.3) is 0 Å². The number of halogens is 2. The molecule has 2 nitrogen and oxygen atoms in total. The highest BCUT2D eigenvalue weighted by Gasteiger charge is 2.25. The van der Waals surface area contributed by atoms with E-state index in [0.29, 0.717) is 17.6 Å². The first kappa shape index (κ1) is 14.4. The molecular weight excluding hydrogens is 246 g/mol. The summed E-state index contributed by atoms with van der Waals surface area (Å²) in [5.74, 6) is -1.51. The van der Waals surface area contributed by atoms with Gasteiger partial charge in [0.2, 0.25) is 0 Å². The van der Waals surface area contributed by atoms with Crippen LogP contribution in [0.1, 0.15) is 38.3 Å². The second kappa shape index (κ2) is 5.97. The van der Waals surface area contributed by atoms with E-state index in [1.165, 1.54) is 0 Å². The lowest BCUT2D eigenvalue weighted by Gasteiger charge is -2.36. The van der Waals surface area contributed by atoms with Crippen molar-refractivity contribution in [1.82, 2.24) is 10.2 Å². The summed E-state index contributed by atoms with van der Waals surface area (Å²) in [5.41, 5.74) is 0.409. The first-order valence-corrected chi connectivity index (χ1v) is 6.89. The minimum atomic E-state index is -0.775. The van der Waals surface area contributed by atoms with E-state index in [9.17, 15) is 8.78 Å². The van der Waals surface area contributed by atoms with Crippen molar-refractivity contribution in [1.29, 1.82) is 0 Å². The first-order chi connectivity index (χ1) is 8.99. The van der Waals surface area contributed by atoms with E-state index in [0.717, 1.165) is 25.5 Å². The summed E-state index contributed by atoms with van der Waals surface area (Å²) in [4.78, 5) is 2.33.